The number of nitrogens with zero attached hydrogens (tertiary/aromatic N) is 1. The van der Waals surface area contributed by atoms with Gasteiger partial charge < -0.3 is 9.84 Å². The van der Waals surface area contributed by atoms with E-state index in [2.05, 4.69) is 0 Å². The largest absolute Gasteiger partial charge is 0.506 e. The maximum Gasteiger partial charge on any atom is 0.310 e. The Bertz CT molecular complexity index is 451. The van der Waals surface area contributed by atoms with Gasteiger partial charge in [-0.2, -0.15) is 5.26 Å². The molecule has 84 valence electrons. The molecule has 5 heteroatoms. The highest BCUT2D eigenvalue weighted by Gasteiger charge is 2.12. The zero-order valence-electron chi connectivity index (χ0n) is 8.66. The summed E-state index contributed by atoms with van der Waals surface area (Å²) in [6.07, 6.45) is -0.0541. The van der Waals surface area contributed by atoms with Crippen LogP contribution in [0.15, 0.2) is 12.1 Å². The Balaban J connectivity index is 3.00. The van der Waals surface area contributed by atoms with Gasteiger partial charge in [-0.15, -0.1) is 0 Å². The second-order valence-corrected chi connectivity index (χ2v) is 3.46. The lowest BCUT2D eigenvalue weighted by atomic mass is 10.1. The number of benzene rings is 1. The van der Waals surface area contributed by atoms with E-state index in [4.69, 9.17) is 21.6 Å². The van der Waals surface area contributed by atoms with Crippen LogP contribution in [-0.4, -0.2) is 17.7 Å². The van der Waals surface area contributed by atoms with Crippen molar-refractivity contribution in [3.05, 3.63) is 28.3 Å². The fourth-order valence-electron chi connectivity index (χ4n) is 1.22. The summed E-state index contributed by atoms with van der Waals surface area (Å²) in [5.41, 5.74) is 0.665. The number of hydrogen-bond acceptors (Lipinski definition) is 4. The van der Waals surface area contributed by atoms with Gasteiger partial charge in [-0.05, 0) is 24.6 Å². The molecule has 1 N–H and O–H groups in total. The summed E-state index contributed by atoms with van der Waals surface area (Å²) in [4.78, 5) is 11.2. The lowest BCUT2D eigenvalue weighted by molar-refractivity contribution is -0.142. The Labute approximate surface area is 98.0 Å². The zero-order valence-corrected chi connectivity index (χ0v) is 9.41. The monoisotopic (exact) mass is 239 g/mol. The van der Waals surface area contributed by atoms with E-state index in [1.165, 1.54) is 12.1 Å². The number of hydrogen-bond donors (Lipinski definition) is 1. The summed E-state index contributed by atoms with van der Waals surface area (Å²) in [6, 6.07) is 4.54. The number of phenolic OH excluding ortho intramolecular Hbond substituents is 1. The van der Waals surface area contributed by atoms with Crippen LogP contribution < -0.4 is 0 Å². The molecule has 0 spiro atoms. The van der Waals surface area contributed by atoms with Crippen molar-refractivity contribution in [2.45, 2.75) is 13.3 Å². The molecule has 0 saturated carbocycles. The molecule has 1 aromatic rings. The minimum atomic E-state index is -0.444. The SMILES string of the molecule is CCOC(=O)Cc1cc(O)c(Cl)cc1C#N. The Hall–Kier alpha value is -1.73. The summed E-state index contributed by atoms with van der Waals surface area (Å²) >= 11 is 5.64. The smallest absolute Gasteiger partial charge is 0.310 e. The van der Waals surface area contributed by atoms with Crippen molar-refractivity contribution in [1.82, 2.24) is 0 Å². The van der Waals surface area contributed by atoms with Crippen LogP contribution in [0.25, 0.3) is 0 Å². The zero-order chi connectivity index (χ0) is 12.1. The standard InChI is InChI=1S/C11H10ClNO3/c1-2-16-11(15)5-7-4-10(14)9(12)3-8(7)6-13/h3-4,14H,2,5H2,1H3. The molecule has 1 aromatic carbocycles. The van der Waals surface area contributed by atoms with Gasteiger partial charge >= 0.3 is 5.97 Å². The number of nitriles is 1. The second-order valence-electron chi connectivity index (χ2n) is 3.05. The van der Waals surface area contributed by atoms with Crippen molar-refractivity contribution in [3.8, 4) is 11.8 Å². The minimum Gasteiger partial charge on any atom is -0.506 e. The van der Waals surface area contributed by atoms with Crippen LogP contribution in [0.4, 0.5) is 0 Å². The van der Waals surface area contributed by atoms with Gasteiger partial charge in [0, 0.05) is 0 Å². The first-order valence-corrected chi connectivity index (χ1v) is 5.03. The Morgan fingerprint density at radius 3 is 2.88 bits per heavy atom. The predicted molar refractivity (Wildman–Crippen MR) is 58.2 cm³/mol. The molecule has 1 rings (SSSR count). The Morgan fingerprint density at radius 1 is 1.62 bits per heavy atom. The highest BCUT2D eigenvalue weighted by molar-refractivity contribution is 6.32. The van der Waals surface area contributed by atoms with Gasteiger partial charge in [0.05, 0.1) is 29.7 Å². The molecule has 0 heterocycles. The van der Waals surface area contributed by atoms with E-state index in [9.17, 15) is 9.90 Å². The molecule has 0 aliphatic heterocycles. The molecule has 0 aliphatic rings. The van der Waals surface area contributed by atoms with Gasteiger partial charge in [0.25, 0.3) is 0 Å². The summed E-state index contributed by atoms with van der Waals surface area (Å²) in [5.74, 6) is -0.597. The maximum atomic E-state index is 11.2. The third-order valence-corrected chi connectivity index (χ3v) is 2.24. The molecule has 0 atom stereocenters. The quantitative estimate of drug-likeness (QED) is 0.820. The van der Waals surface area contributed by atoms with Crippen LogP contribution in [0.3, 0.4) is 0 Å². The van der Waals surface area contributed by atoms with Crippen LogP contribution in [0, 0.1) is 11.3 Å². The average Bonchev–Trinajstić information content (AvgIpc) is 2.23. The first-order chi connectivity index (χ1) is 7.58. The molecular formula is C11H10ClNO3. The predicted octanol–water partition coefficient (Wildman–Crippen LogP) is 2.02. The Kier molecular flexibility index (Phi) is 4.15. The van der Waals surface area contributed by atoms with Gasteiger partial charge in [-0.3, -0.25) is 4.79 Å². The van der Waals surface area contributed by atoms with Gasteiger partial charge in [0.2, 0.25) is 0 Å². The summed E-state index contributed by atoms with van der Waals surface area (Å²) in [5, 5.41) is 18.3. The molecule has 0 aromatic heterocycles. The first kappa shape index (κ1) is 12.3. The summed E-state index contributed by atoms with van der Waals surface area (Å²) in [6.45, 7) is 1.97. The van der Waals surface area contributed by atoms with E-state index in [1.807, 2.05) is 6.07 Å². The van der Waals surface area contributed by atoms with Gasteiger partial charge in [-0.1, -0.05) is 11.6 Å². The van der Waals surface area contributed by atoms with Crippen LogP contribution in [0.5, 0.6) is 5.75 Å². The highest BCUT2D eigenvalue weighted by atomic mass is 35.5. The van der Waals surface area contributed by atoms with Crippen molar-refractivity contribution in [1.29, 1.82) is 5.26 Å². The molecule has 0 amide bonds. The van der Waals surface area contributed by atoms with E-state index < -0.39 is 5.97 Å². The highest BCUT2D eigenvalue weighted by Crippen LogP contribution is 2.27. The number of phenols is 1. The molecule has 0 fully saturated rings. The number of carbonyl (C=O) groups excluding carboxylic acids is 1. The molecule has 0 bridgehead atoms. The average molecular weight is 240 g/mol. The third kappa shape index (κ3) is 2.88. The number of ether oxygens (including phenoxy) is 1. The number of aromatic hydroxyl groups is 1. The van der Waals surface area contributed by atoms with Crippen LogP contribution in [0.2, 0.25) is 5.02 Å². The molecule has 16 heavy (non-hydrogen) atoms. The minimum absolute atomic E-state index is 0.0541. The molecule has 0 saturated heterocycles. The number of rotatable bonds is 3. The van der Waals surface area contributed by atoms with Gasteiger partial charge in [-0.25, -0.2) is 0 Å². The van der Waals surface area contributed by atoms with Crippen molar-refractivity contribution < 1.29 is 14.6 Å². The molecule has 4 nitrogen and oxygen atoms in total. The maximum absolute atomic E-state index is 11.2. The van der Waals surface area contributed by atoms with E-state index in [0.29, 0.717) is 5.56 Å². The fourth-order valence-corrected chi connectivity index (χ4v) is 1.39. The Morgan fingerprint density at radius 2 is 2.31 bits per heavy atom. The van der Waals surface area contributed by atoms with Crippen molar-refractivity contribution >= 4 is 17.6 Å². The molecule has 0 unspecified atom stereocenters. The van der Waals surface area contributed by atoms with Crippen LogP contribution >= 0.6 is 11.6 Å². The van der Waals surface area contributed by atoms with E-state index in [1.54, 1.807) is 6.92 Å². The normalized spacial score (nSPS) is 9.56. The lowest BCUT2D eigenvalue weighted by Crippen LogP contribution is -2.08. The first-order valence-electron chi connectivity index (χ1n) is 4.65. The van der Waals surface area contributed by atoms with Crippen LogP contribution in [0.1, 0.15) is 18.1 Å². The lowest BCUT2D eigenvalue weighted by Gasteiger charge is -2.05. The summed E-state index contributed by atoms with van der Waals surface area (Å²) < 4.78 is 4.75. The van der Waals surface area contributed by atoms with Gasteiger partial charge in [0.1, 0.15) is 5.75 Å². The molecular weight excluding hydrogens is 230 g/mol. The van der Waals surface area contributed by atoms with Crippen molar-refractivity contribution in [2.75, 3.05) is 6.61 Å². The topological polar surface area (TPSA) is 70.3 Å². The number of carbonyl (C=O) groups is 1. The number of halogens is 1. The fraction of sp³-hybridized carbons (Fsp3) is 0.273. The van der Waals surface area contributed by atoms with E-state index >= 15 is 0 Å². The van der Waals surface area contributed by atoms with Crippen LogP contribution in [-0.2, 0) is 16.0 Å². The van der Waals surface area contributed by atoms with Gasteiger partial charge in [0.15, 0.2) is 0 Å². The van der Waals surface area contributed by atoms with Crippen molar-refractivity contribution in [3.63, 3.8) is 0 Å². The van der Waals surface area contributed by atoms with E-state index in [0.717, 1.165) is 0 Å². The summed E-state index contributed by atoms with van der Waals surface area (Å²) in [7, 11) is 0. The number of esters is 1. The molecule has 0 aliphatic carbocycles. The van der Waals surface area contributed by atoms with Crippen molar-refractivity contribution in [2.24, 2.45) is 0 Å². The third-order valence-electron chi connectivity index (χ3n) is 1.93. The van der Waals surface area contributed by atoms with E-state index in [-0.39, 0.29) is 29.4 Å². The molecule has 0 radical (unpaired) electrons. The second kappa shape index (κ2) is 5.38.